The molecular formula is C31H34F3N5O6S. The van der Waals surface area contributed by atoms with E-state index in [1.807, 2.05) is 26.0 Å². The van der Waals surface area contributed by atoms with Crippen LogP contribution in [0.15, 0.2) is 46.8 Å². The fourth-order valence-corrected chi connectivity index (χ4v) is 7.26. The summed E-state index contributed by atoms with van der Waals surface area (Å²) in [4.78, 5) is 43.2. The average molecular weight is 662 g/mol. The van der Waals surface area contributed by atoms with Crippen molar-refractivity contribution < 1.29 is 40.7 Å². The van der Waals surface area contributed by atoms with Crippen molar-refractivity contribution in [1.29, 1.82) is 0 Å². The van der Waals surface area contributed by atoms with Crippen LogP contribution < -0.4 is 20.3 Å². The Morgan fingerprint density at radius 1 is 1.15 bits per heavy atom. The van der Waals surface area contributed by atoms with Gasteiger partial charge in [-0.1, -0.05) is 12.1 Å². The highest BCUT2D eigenvalue weighted by Crippen LogP contribution is 2.34. The van der Waals surface area contributed by atoms with E-state index in [-0.39, 0.29) is 55.2 Å². The number of carbonyl (C=O) groups is 3. The van der Waals surface area contributed by atoms with Crippen molar-refractivity contribution >= 4 is 45.3 Å². The summed E-state index contributed by atoms with van der Waals surface area (Å²) in [6.07, 6.45) is -2.19. The van der Waals surface area contributed by atoms with Crippen LogP contribution >= 0.6 is 0 Å². The molecule has 3 heterocycles. The van der Waals surface area contributed by atoms with Crippen molar-refractivity contribution in [1.82, 2.24) is 14.9 Å². The molecule has 0 saturated carbocycles. The molecule has 2 aromatic carbocycles. The second kappa shape index (κ2) is 12.5. The number of amidine groups is 1. The third kappa shape index (κ3) is 7.09. The first-order valence-corrected chi connectivity index (χ1v) is 16.2. The number of sulfonamides is 1. The van der Waals surface area contributed by atoms with Crippen LogP contribution in [0.3, 0.4) is 0 Å². The van der Waals surface area contributed by atoms with E-state index in [1.165, 1.54) is 29.4 Å². The Labute approximate surface area is 264 Å². The van der Waals surface area contributed by atoms with Crippen molar-refractivity contribution in [3.63, 3.8) is 0 Å². The van der Waals surface area contributed by atoms with Gasteiger partial charge in [-0.15, -0.1) is 13.2 Å². The molecule has 2 fully saturated rings. The Morgan fingerprint density at radius 2 is 1.83 bits per heavy atom. The Balaban J connectivity index is 1.27. The fraction of sp³-hybridized carbons (Fsp3) is 0.419. The van der Waals surface area contributed by atoms with Gasteiger partial charge in [0.1, 0.15) is 17.1 Å². The number of benzene rings is 2. The van der Waals surface area contributed by atoms with Gasteiger partial charge in [-0.3, -0.25) is 19.4 Å². The molecular weight excluding hydrogens is 627 g/mol. The molecule has 5 rings (SSSR count). The van der Waals surface area contributed by atoms with Gasteiger partial charge in [-0.25, -0.2) is 8.42 Å². The fourth-order valence-electron chi connectivity index (χ4n) is 6.09. The monoisotopic (exact) mass is 661 g/mol. The van der Waals surface area contributed by atoms with Crippen molar-refractivity contribution in [2.24, 2.45) is 4.99 Å². The van der Waals surface area contributed by atoms with Gasteiger partial charge >= 0.3 is 6.36 Å². The molecule has 246 valence electrons. The Hall–Kier alpha value is -4.24. The molecule has 2 aromatic rings. The van der Waals surface area contributed by atoms with Crippen LogP contribution in [0.5, 0.6) is 5.75 Å². The summed E-state index contributed by atoms with van der Waals surface area (Å²) >= 11 is 0. The average Bonchev–Trinajstić information content (AvgIpc) is 3.49. The molecule has 0 aliphatic carbocycles. The molecule has 0 radical (unpaired) electrons. The second-order valence-corrected chi connectivity index (χ2v) is 13.5. The smallest absolute Gasteiger partial charge is 0.406 e. The zero-order valence-corrected chi connectivity index (χ0v) is 26.3. The summed E-state index contributed by atoms with van der Waals surface area (Å²) in [5, 5.41) is 6.52. The van der Waals surface area contributed by atoms with Gasteiger partial charge in [-0.05, 0) is 80.1 Å². The maximum absolute atomic E-state index is 13.3. The maximum Gasteiger partial charge on any atom is 0.573 e. The largest absolute Gasteiger partial charge is 0.573 e. The lowest BCUT2D eigenvalue weighted by atomic mass is 9.89. The minimum Gasteiger partial charge on any atom is -0.406 e. The number of nitrogens with zero attached hydrogens (tertiary/aromatic N) is 3. The van der Waals surface area contributed by atoms with Crippen LogP contribution in [0.1, 0.15) is 54.9 Å². The number of carbonyl (C=O) groups excluding carboxylic acids is 3. The van der Waals surface area contributed by atoms with Crippen LogP contribution in [0.2, 0.25) is 0 Å². The molecule has 1 spiro atoms. The van der Waals surface area contributed by atoms with Gasteiger partial charge in [0.05, 0.1) is 6.04 Å². The lowest BCUT2D eigenvalue weighted by molar-refractivity contribution is -0.274. The van der Waals surface area contributed by atoms with E-state index in [1.54, 1.807) is 4.90 Å². The molecule has 1 atom stereocenters. The summed E-state index contributed by atoms with van der Waals surface area (Å²) in [6, 6.07) is 8.59. The van der Waals surface area contributed by atoms with Gasteiger partial charge in [0, 0.05) is 49.6 Å². The first-order chi connectivity index (χ1) is 21.6. The SMILES string of the molecule is CC(=O)NC[C@H]1CCC(=O)N1c1cc(C)c(C=CS(=O)(=O)N2CCC3(CC2)N=C(c2cccc(OC(F)(F)F)c2)NC3=O)c(C)c1. The number of nitrogens with one attached hydrogen (secondary N) is 2. The molecule has 0 unspecified atom stereocenters. The number of anilines is 1. The number of halogens is 3. The molecule has 3 amide bonds. The van der Waals surface area contributed by atoms with Gasteiger partial charge in [-0.2, -0.15) is 4.31 Å². The first kappa shape index (κ1) is 33.1. The third-order valence-electron chi connectivity index (χ3n) is 8.41. The molecule has 2 saturated heterocycles. The molecule has 2 N–H and O–H groups in total. The van der Waals surface area contributed by atoms with Gasteiger partial charge < -0.3 is 20.3 Å². The minimum atomic E-state index is -4.87. The number of rotatable bonds is 8. The summed E-state index contributed by atoms with van der Waals surface area (Å²) in [5.41, 5.74) is 1.91. The molecule has 11 nitrogen and oxygen atoms in total. The van der Waals surface area contributed by atoms with Crippen LogP contribution in [-0.4, -0.2) is 73.9 Å². The van der Waals surface area contributed by atoms with Gasteiger partial charge in [0.15, 0.2) is 0 Å². The van der Waals surface area contributed by atoms with E-state index in [9.17, 15) is 36.0 Å². The van der Waals surface area contributed by atoms with E-state index in [2.05, 4.69) is 20.4 Å². The predicted octanol–water partition coefficient (Wildman–Crippen LogP) is 3.55. The lowest BCUT2D eigenvalue weighted by Crippen LogP contribution is -2.50. The van der Waals surface area contributed by atoms with E-state index < -0.39 is 33.6 Å². The van der Waals surface area contributed by atoms with Crippen molar-refractivity contribution in [3.8, 4) is 5.75 Å². The Kier molecular flexibility index (Phi) is 9.01. The molecule has 46 heavy (non-hydrogen) atoms. The molecule has 0 aromatic heterocycles. The number of amides is 3. The number of hydrogen-bond donors (Lipinski definition) is 2. The second-order valence-electron chi connectivity index (χ2n) is 11.7. The number of aliphatic imine (C=N–C) groups is 1. The zero-order valence-electron chi connectivity index (χ0n) is 25.5. The first-order valence-electron chi connectivity index (χ1n) is 14.7. The van der Waals surface area contributed by atoms with Gasteiger partial charge in [0.25, 0.3) is 5.91 Å². The quantitative estimate of drug-likeness (QED) is 0.444. The predicted molar refractivity (Wildman–Crippen MR) is 164 cm³/mol. The van der Waals surface area contributed by atoms with Crippen molar-refractivity contribution in [3.05, 3.63) is 64.1 Å². The number of aryl methyl sites for hydroxylation is 2. The normalized spacial score (nSPS) is 20.3. The van der Waals surface area contributed by atoms with E-state index >= 15 is 0 Å². The van der Waals surface area contributed by atoms with Crippen LogP contribution in [0, 0.1) is 13.8 Å². The molecule has 0 bridgehead atoms. The minimum absolute atomic E-state index is 0.0117. The topological polar surface area (TPSA) is 137 Å². The highest BCUT2D eigenvalue weighted by Gasteiger charge is 2.47. The summed E-state index contributed by atoms with van der Waals surface area (Å²) in [6.45, 7) is 5.45. The van der Waals surface area contributed by atoms with Crippen molar-refractivity contribution in [2.45, 2.75) is 64.4 Å². The van der Waals surface area contributed by atoms with E-state index in [0.717, 1.165) is 28.7 Å². The molecule has 3 aliphatic heterocycles. The number of piperidine rings is 1. The summed E-state index contributed by atoms with van der Waals surface area (Å²) in [5.74, 6) is -1.02. The maximum atomic E-state index is 13.3. The van der Waals surface area contributed by atoms with Crippen molar-refractivity contribution in [2.75, 3.05) is 24.5 Å². The van der Waals surface area contributed by atoms with Crippen LogP contribution in [0.4, 0.5) is 18.9 Å². The van der Waals surface area contributed by atoms with E-state index in [4.69, 9.17) is 0 Å². The van der Waals surface area contributed by atoms with Gasteiger partial charge in [0.2, 0.25) is 21.8 Å². The van der Waals surface area contributed by atoms with Crippen LogP contribution in [-0.2, 0) is 24.4 Å². The summed E-state index contributed by atoms with van der Waals surface area (Å²) < 4.78 is 69.8. The third-order valence-corrected chi connectivity index (χ3v) is 9.97. The zero-order chi connectivity index (χ0) is 33.4. The number of ether oxygens (including phenoxy) is 1. The number of hydrogen-bond acceptors (Lipinski definition) is 7. The highest BCUT2D eigenvalue weighted by molar-refractivity contribution is 7.92. The summed E-state index contributed by atoms with van der Waals surface area (Å²) in [7, 11) is -3.88. The standard InChI is InChI=1S/C31H34F3N5O6S/c1-19-15-24(39-23(7-8-27(39)41)18-35-21(3)40)16-20(2)26(19)9-14-46(43,44)38-12-10-30(11-13-38)29(42)36-28(37-30)22-5-4-6-25(17-22)45-31(32,33)34/h4-6,9,14-17,23H,7-8,10-13,18H2,1-3H3,(H,35,40)(H,36,37,42)/t23-/m1/s1. The molecule has 3 aliphatic rings. The Morgan fingerprint density at radius 3 is 2.46 bits per heavy atom. The molecule has 15 heteroatoms. The van der Waals surface area contributed by atoms with E-state index in [0.29, 0.717) is 30.6 Å². The van der Waals surface area contributed by atoms with Crippen LogP contribution in [0.25, 0.3) is 6.08 Å². The highest BCUT2D eigenvalue weighted by atomic mass is 32.2. The number of alkyl halides is 3. The lowest BCUT2D eigenvalue weighted by Gasteiger charge is -2.34. The Bertz CT molecular complexity index is 1710.